The van der Waals surface area contributed by atoms with Crippen molar-refractivity contribution >= 4 is 0 Å². The zero-order valence-corrected chi connectivity index (χ0v) is 12.5. The maximum Gasteiger partial charge on any atom is 0.00956 e. The quantitative estimate of drug-likeness (QED) is 0.779. The second-order valence-electron chi connectivity index (χ2n) is 6.42. The molecule has 18 heavy (non-hydrogen) atoms. The van der Waals surface area contributed by atoms with E-state index in [9.17, 15) is 0 Å². The lowest BCUT2D eigenvalue weighted by atomic mass is 9.93. The second kappa shape index (κ2) is 7.49. The Kier molecular flexibility index (Phi) is 5.97. The van der Waals surface area contributed by atoms with Gasteiger partial charge in [-0.15, -0.1) is 0 Å². The molecule has 2 atom stereocenters. The van der Waals surface area contributed by atoms with Gasteiger partial charge in [0.2, 0.25) is 0 Å². The van der Waals surface area contributed by atoms with E-state index < -0.39 is 0 Å². The van der Waals surface area contributed by atoms with E-state index in [0.717, 1.165) is 24.5 Å². The lowest BCUT2D eigenvalue weighted by Crippen LogP contribution is -2.37. The van der Waals surface area contributed by atoms with Crippen LogP contribution >= 0.6 is 0 Å². The van der Waals surface area contributed by atoms with Gasteiger partial charge in [-0.05, 0) is 58.2 Å². The Morgan fingerprint density at radius 1 is 1.00 bits per heavy atom. The van der Waals surface area contributed by atoms with Crippen LogP contribution in [-0.2, 0) is 0 Å². The first kappa shape index (κ1) is 14.3. The highest BCUT2D eigenvalue weighted by atomic mass is 15.1. The van der Waals surface area contributed by atoms with E-state index in [0.29, 0.717) is 0 Å². The number of nitrogens with zero attached hydrogens (tertiary/aromatic N) is 1. The van der Waals surface area contributed by atoms with Crippen LogP contribution in [0.25, 0.3) is 0 Å². The Hall–Kier alpha value is -0.0800. The van der Waals surface area contributed by atoms with E-state index in [-0.39, 0.29) is 0 Å². The van der Waals surface area contributed by atoms with Crippen LogP contribution in [0.3, 0.4) is 0 Å². The Labute approximate surface area is 114 Å². The molecule has 0 spiro atoms. The van der Waals surface area contributed by atoms with Gasteiger partial charge >= 0.3 is 0 Å². The molecule has 2 aliphatic carbocycles. The van der Waals surface area contributed by atoms with Gasteiger partial charge in [-0.3, -0.25) is 0 Å². The molecule has 0 aliphatic heterocycles. The number of hydrogen-bond acceptors (Lipinski definition) is 2. The van der Waals surface area contributed by atoms with Crippen LogP contribution < -0.4 is 5.32 Å². The third-order valence-electron chi connectivity index (χ3n) is 5.18. The second-order valence-corrected chi connectivity index (χ2v) is 6.42. The van der Waals surface area contributed by atoms with Crippen molar-refractivity contribution in [3.05, 3.63) is 0 Å². The van der Waals surface area contributed by atoms with Crippen molar-refractivity contribution in [2.75, 3.05) is 20.1 Å². The summed E-state index contributed by atoms with van der Waals surface area (Å²) in [5.41, 5.74) is 0. The standard InChI is InChI=1S/C16H32N2/c1-3-17-16-11-7-8-14(16)12-13-18(2)15-9-5-4-6-10-15/h14-17H,3-13H2,1-2H3. The minimum Gasteiger partial charge on any atom is -0.314 e. The van der Waals surface area contributed by atoms with Crippen molar-refractivity contribution in [2.24, 2.45) is 5.92 Å². The summed E-state index contributed by atoms with van der Waals surface area (Å²) in [4.78, 5) is 2.65. The molecule has 0 bridgehead atoms. The molecule has 2 rings (SSSR count). The normalized spacial score (nSPS) is 30.2. The summed E-state index contributed by atoms with van der Waals surface area (Å²) in [5.74, 6) is 0.941. The molecule has 0 aromatic carbocycles. The van der Waals surface area contributed by atoms with Crippen molar-refractivity contribution in [2.45, 2.75) is 76.8 Å². The van der Waals surface area contributed by atoms with Gasteiger partial charge in [-0.2, -0.15) is 0 Å². The van der Waals surface area contributed by atoms with Gasteiger partial charge < -0.3 is 10.2 Å². The van der Waals surface area contributed by atoms with Crippen molar-refractivity contribution in [3.63, 3.8) is 0 Å². The van der Waals surface area contributed by atoms with Crippen LogP contribution in [0.1, 0.15) is 64.7 Å². The van der Waals surface area contributed by atoms with Gasteiger partial charge in [0.15, 0.2) is 0 Å². The summed E-state index contributed by atoms with van der Waals surface area (Å²) in [6.45, 7) is 4.69. The highest BCUT2D eigenvalue weighted by Crippen LogP contribution is 2.29. The number of rotatable bonds is 6. The minimum absolute atomic E-state index is 0.815. The first-order valence-electron chi connectivity index (χ1n) is 8.25. The summed E-state index contributed by atoms with van der Waals surface area (Å²) >= 11 is 0. The van der Waals surface area contributed by atoms with Gasteiger partial charge in [-0.25, -0.2) is 0 Å². The molecule has 0 heterocycles. The van der Waals surface area contributed by atoms with E-state index in [1.165, 1.54) is 64.3 Å². The topological polar surface area (TPSA) is 15.3 Å². The first-order valence-corrected chi connectivity index (χ1v) is 8.25. The lowest BCUT2D eigenvalue weighted by molar-refractivity contribution is 0.177. The fraction of sp³-hybridized carbons (Fsp3) is 1.00. The Balaban J connectivity index is 1.69. The highest BCUT2D eigenvalue weighted by molar-refractivity contribution is 4.84. The molecule has 106 valence electrons. The summed E-state index contributed by atoms with van der Waals surface area (Å²) in [7, 11) is 2.35. The van der Waals surface area contributed by atoms with E-state index in [1.54, 1.807) is 0 Å². The molecule has 2 saturated carbocycles. The van der Waals surface area contributed by atoms with E-state index >= 15 is 0 Å². The largest absolute Gasteiger partial charge is 0.314 e. The van der Waals surface area contributed by atoms with Gasteiger partial charge in [-0.1, -0.05) is 32.6 Å². The monoisotopic (exact) mass is 252 g/mol. The van der Waals surface area contributed by atoms with Crippen molar-refractivity contribution < 1.29 is 0 Å². The van der Waals surface area contributed by atoms with Crippen LogP contribution in [0.2, 0.25) is 0 Å². The van der Waals surface area contributed by atoms with Crippen molar-refractivity contribution in [1.82, 2.24) is 10.2 Å². The van der Waals surface area contributed by atoms with Crippen molar-refractivity contribution in [3.8, 4) is 0 Å². The minimum atomic E-state index is 0.815. The highest BCUT2D eigenvalue weighted by Gasteiger charge is 2.27. The Bertz CT molecular complexity index is 223. The maximum atomic E-state index is 3.68. The molecule has 2 unspecified atom stereocenters. The molecule has 0 radical (unpaired) electrons. The average molecular weight is 252 g/mol. The summed E-state index contributed by atoms with van der Waals surface area (Å²) in [6, 6.07) is 1.70. The van der Waals surface area contributed by atoms with Crippen molar-refractivity contribution in [1.29, 1.82) is 0 Å². The molecular weight excluding hydrogens is 220 g/mol. The molecule has 0 amide bonds. The van der Waals surface area contributed by atoms with Crippen LogP contribution in [0.5, 0.6) is 0 Å². The van der Waals surface area contributed by atoms with Gasteiger partial charge in [0.05, 0.1) is 0 Å². The SMILES string of the molecule is CCNC1CCCC1CCN(C)C1CCCCC1. The van der Waals surface area contributed by atoms with Gasteiger partial charge in [0.25, 0.3) is 0 Å². The van der Waals surface area contributed by atoms with Crippen LogP contribution in [-0.4, -0.2) is 37.1 Å². The van der Waals surface area contributed by atoms with E-state index in [4.69, 9.17) is 0 Å². The fourth-order valence-corrected chi connectivity index (χ4v) is 3.99. The summed E-state index contributed by atoms with van der Waals surface area (Å²) in [6.07, 6.45) is 13.0. The zero-order valence-electron chi connectivity index (χ0n) is 12.5. The molecule has 2 nitrogen and oxygen atoms in total. The fourth-order valence-electron chi connectivity index (χ4n) is 3.99. The summed E-state index contributed by atoms with van der Waals surface area (Å²) < 4.78 is 0. The zero-order chi connectivity index (χ0) is 12.8. The van der Waals surface area contributed by atoms with Crippen LogP contribution in [0, 0.1) is 5.92 Å². The van der Waals surface area contributed by atoms with Gasteiger partial charge in [0, 0.05) is 12.1 Å². The molecule has 1 N–H and O–H groups in total. The molecule has 2 heteroatoms. The molecular formula is C16H32N2. The third-order valence-corrected chi connectivity index (χ3v) is 5.18. The van der Waals surface area contributed by atoms with E-state index in [1.807, 2.05) is 0 Å². The van der Waals surface area contributed by atoms with Crippen LogP contribution in [0.4, 0.5) is 0 Å². The first-order chi connectivity index (χ1) is 8.81. The Morgan fingerprint density at radius 2 is 1.78 bits per heavy atom. The third kappa shape index (κ3) is 3.96. The predicted octanol–water partition coefficient (Wildman–Crippen LogP) is 3.42. The average Bonchev–Trinajstić information content (AvgIpc) is 2.85. The summed E-state index contributed by atoms with van der Waals surface area (Å²) in [5, 5.41) is 3.68. The molecule has 2 aliphatic rings. The maximum absolute atomic E-state index is 3.68. The molecule has 0 saturated heterocycles. The number of hydrogen-bond donors (Lipinski definition) is 1. The molecule has 0 aromatic rings. The predicted molar refractivity (Wildman–Crippen MR) is 78.9 cm³/mol. The number of nitrogens with one attached hydrogen (secondary N) is 1. The molecule has 0 aromatic heterocycles. The van der Waals surface area contributed by atoms with Crippen LogP contribution in [0.15, 0.2) is 0 Å². The smallest absolute Gasteiger partial charge is 0.00956 e. The molecule has 2 fully saturated rings. The van der Waals surface area contributed by atoms with Gasteiger partial charge in [0.1, 0.15) is 0 Å². The lowest BCUT2D eigenvalue weighted by Gasteiger charge is -2.32. The van der Waals surface area contributed by atoms with E-state index in [2.05, 4.69) is 24.2 Å². The Morgan fingerprint density at radius 3 is 2.50 bits per heavy atom.